The summed E-state index contributed by atoms with van der Waals surface area (Å²) in [5.41, 5.74) is 3.87. The van der Waals surface area contributed by atoms with Gasteiger partial charge in [-0.25, -0.2) is 0 Å². The molecule has 0 amide bonds. The van der Waals surface area contributed by atoms with Gasteiger partial charge < -0.3 is 10.1 Å². The Bertz CT molecular complexity index is 306. The number of hydrogen-bond acceptors (Lipinski definition) is 2. The normalized spacial score (nSPS) is 13.8. The first-order valence-corrected chi connectivity index (χ1v) is 4.22. The van der Waals surface area contributed by atoms with Crippen LogP contribution in [-0.2, 0) is 6.42 Å². The molecule has 0 bridgehead atoms. The van der Waals surface area contributed by atoms with E-state index in [4.69, 9.17) is 4.74 Å². The second-order valence-electron chi connectivity index (χ2n) is 3.16. The van der Waals surface area contributed by atoms with Gasteiger partial charge in [0.2, 0.25) is 0 Å². The number of benzene rings is 1. The fraction of sp³-hybridized carbons (Fsp3) is 0.400. The molecular formula is C10H13NO. The average molecular weight is 163 g/mol. The largest absolute Gasteiger partial charge is 0.496 e. The molecule has 1 heterocycles. The van der Waals surface area contributed by atoms with Crippen molar-refractivity contribution in [3.05, 3.63) is 23.3 Å². The number of fused-ring (bicyclic) bond motifs is 1. The predicted molar refractivity (Wildman–Crippen MR) is 49.9 cm³/mol. The van der Waals surface area contributed by atoms with Gasteiger partial charge in [0, 0.05) is 18.3 Å². The van der Waals surface area contributed by atoms with E-state index in [1.807, 2.05) is 0 Å². The molecule has 0 aromatic heterocycles. The van der Waals surface area contributed by atoms with Crippen molar-refractivity contribution in [2.75, 3.05) is 19.0 Å². The van der Waals surface area contributed by atoms with Crippen molar-refractivity contribution in [1.29, 1.82) is 0 Å². The van der Waals surface area contributed by atoms with E-state index >= 15 is 0 Å². The van der Waals surface area contributed by atoms with Crippen molar-refractivity contribution in [2.24, 2.45) is 0 Å². The van der Waals surface area contributed by atoms with E-state index < -0.39 is 0 Å². The third-order valence-electron chi connectivity index (χ3n) is 2.33. The third kappa shape index (κ3) is 1.04. The predicted octanol–water partition coefficient (Wildman–Crippen LogP) is 1.97. The third-order valence-corrected chi connectivity index (χ3v) is 2.33. The highest BCUT2D eigenvalue weighted by Gasteiger charge is 2.12. The Morgan fingerprint density at radius 3 is 3.00 bits per heavy atom. The molecule has 0 saturated heterocycles. The van der Waals surface area contributed by atoms with Gasteiger partial charge in [-0.1, -0.05) is 6.07 Å². The Morgan fingerprint density at radius 2 is 2.25 bits per heavy atom. The van der Waals surface area contributed by atoms with E-state index in [1.54, 1.807) is 7.11 Å². The maximum absolute atomic E-state index is 5.23. The molecule has 0 aliphatic carbocycles. The maximum Gasteiger partial charge on any atom is 0.123 e. The molecule has 0 atom stereocenters. The molecule has 0 fully saturated rings. The standard InChI is InChI=1S/C10H13NO/c1-7-5-8-3-4-11-9(8)6-10(7)12-2/h5-6,11H,3-4H2,1-2H3. The fourth-order valence-corrected chi connectivity index (χ4v) is 1.67. The fourth-order valence-electron chi connectivity index (χ4n) is 1.67. The lowest BCUT2D eigenvalue weighted by atomic mass is 10.1. The number of hydrogen-bond donors (Lipinski definition) is 1. The quantitative estimate of drug-likeness (QED) is 0.683. The Labute approximate surface area is 72.5 Å². The molecular weight excluding hydrogens is 150 g/mol. The minimum absolute atomic E-state index is 0.975. The van der Waals surface area contributed by atoms with Crippen molar-refractivity contribution in [3.8, 4) is 5.75 Å². The zero-order chi connectivity index (χ0) is 8.55. The maximum atomic E-state index is 5.23. The minimum atomic E-state index is 0.975. The summed E-state index contributed by atoms with van der Waals surface area (Å²) in [6, 6.07) is 4.28. The van der Waals surface area contributed by atoms with Crippen LogP contribution in [0.1, 0.15) is 11.1 Å². The topological polar surface area (TPSA) is 21.3 Å². The summed E-state index contributed by atoms with van der Waals surface area (Å²) in [5, 5.41) is 3.32. The van der Waals surface area contributed by atoms with Crippen molar-refractivity contribution < 1.29 is 4.74 Å². The molecule has 1 aromatic carbocycles. The van der Waals surface area contributed by atoms with Crippen LogP contribution in [-0.4, -0.2) is 13.7 Å². The van der Waals surface area contributed by atoms with Crippen molar-refractivity contribution in [1.82, 2.24) is 0 Å². The monoisotopic (exact) mass is 163 g/mol. The molecule has 64 valence electrons. The van der Waals surface area contributed by atoms with E-state index in [2.05, 4.69) is 24.4 Å². The summed E-state index contributed by atoms with van der Waals surface area (Å²) < 4.78 is 5.23. The first kappa shape index (κ1) is 7.47. The number of rotatable bonds is 1. The summed E-state index contributed by atoms with van der Waals surface area (Å²) in [6.45, 7) is 3.14. The van der Waals surface area contributed by atoms with Gasteiger partial charge in [-0.2, -0.15) is 0 Å². The van der Waals surface area contributed by atoms with E-state index in [9.17, 15) is 0 Å². The van der Waals surface area contributed by atoms with Gasteiger partial charge in [-0.05, 0) is 24.5 Å². The zero-order valence-electron chi connectivity index (χ0n) is 7.48. The molecule has 1 aliphatic heterocycles. The average Bonchev–Trinajstić information content (AvgIpc) is 2.49. The molecule has 12 heavy (non-hydrogen) atoms. The van der Waals surface area contributed by atoms with Crippen LogP contribution < -0.4 is 10.1 Å². The summed E-state index contributed by atoms with van der Waals surface area (Å²) >= 11 is 0. The first-order valence-electron chi connectivity index (χ1n) is 4.22. The zero-order valence-corrected chi connectivity index (χ0v) is 7.48. The highest BCUT2D eigenvalue weighted by atomic mass is 16.5. The molecule has 1 aromatic rings. The molecule has 1 aliphatic rings. The Balaban J connectivity index is 2.49. The molecule has 0 spiro atoms. The van der Waals surface area contributed by atoms with Crippen molar-refractivity contribution in [3.63, 3.8) is 0 Å². The molecule has 0 unspecified atom stereocenters. The van der Waals surface area contributed by atoms with Crippen LogP contribution in [0.2, 0.25) is 0 Å². The van der Waals surface area contributed by atoms with E-state index in [0.717, 1.165) is 18.7 Å². The summed E-state index contributed by atoms with van der Waals surface area (Å²) in [7, 11) is 1.71. The van der Waals surface area contributed by atoms with Gasteiger partial charge in [-0.15, -0.1) is 0 Å². The second-order valence-corrected chi connectivity index (χ2v) is 3.16. The Hall–Kier alpha value is -1.18. The number of aryl methyl sites for hydroxylation is 1. The Morgan fingerprint density at radius 1 is 1.42 bits per heavy atom. The lowest BCUT2D eigenvalue weighted by Crippen LogP contribution is -1.92. The molecule has 1 N–H and O–H groups in total. The van der Waals surface area contributed by atoms with Gasteiger partial charge in [0.25, 0.3) is 0 Å². The van der Waals surface area contributed by atoms with E-state index in [-0.39, 0.29) is 0 Å². The van der Waals surface area contributed by atoms with Gasteiger partial charge >= 0.3 is 0 Å². The Kier molecular flexibility index (Phi) is 1.68. The number of nitrogens with one attached hydrogen (secondary N) is 1. The van der Waals surface area contributed by atoms with Crippen LogP contribution in [0, 0.1) is 6.92 Å². The van der Waals surface area contributed by atoms with Gasteiger partial charge in [0.1, 0.15) is 5.75 Å². The summed E-state index contributed by atoms with van der Waals surface area (Å²) in [6.07, 6.45) is 1.14. The SMILES string of the molecule is COc1cc2c(cc1C)CCN2. The van der Waals surface area contributed by atoms with E-state index in [1.165, 1.54) is 16.8 Å². The summed E-state index contributed by atoms with van der Waals surface area (Å²) in [5.74, 6) is 0.975. The van der Waals surface area contributed by atoms with Crippen LogP contribution in [0.3, 0.4) is 0 Å². The molecule has 0 saturated carbocycles. The first-order chi connectivity index (χ1) is 5.81. The molecule has 2 heteroatoms. The van der Waals surface area contributed by atoms with Gasteiger partial charge in [-0.3, -0.25) is 0 Å². The number of ether oxygens (including phenoxy) is 1. The van der Waals surface area contributed by atoms with Gasteiger partial charge in [0.05, 0.1) is 7.11 Å². The minimum Gasteiger partial charge on any atom is -0.496 e. The van der Waals surface area contributed by atoms with Crippen molar-refractivity contribution in [2.45, 2.75) is 13.3 Å². The highest BCUT2D eigenvalue weighted by Crippen LogP contribution is 2.29. The number of anilines is 1. The highest BCUT2D eigenvalue weighted by molar-refractivity contribution is 5.60. The van der Waals surface area contributed by atoms with Crippen LogP contribution in [0.5, 0.6) is 5.75 Å². The number of methoxy groups -OCH3 is 1. The van der Waals surface area contributed by atoms with Crippen LogP contribution in [0.15, 0.2) is 12.1 Å². The molecule has 2 rings (SSSR count). The lowest BCUT2D eigenvalue weighted by Gasteiger charge is -2.07. The van der Waals surface area contributed by atoms with Gasteiger partial charge in [0.15, 0.2) is 0 Å². The molecule has 2 nitrogen and oxygen atoms in total. The van der Waals surface area contributed by atoms with Crippen LogP contribution >= 0.6 is 0 Å². The molecule has 0 radical (unpaired) electrons. The van der Waals surface area contributed by atoms with Crippen LogP contribution in [0.4, 0.5) is 5.69 Å². The lowest BCUT2D eigenvalue weighted by molar-refractivity contribution is 0.412. The summed E-state index contributed by atoms with van der Waals surface area (Å²) in [4.78, 5) is 0. The smallest absolute Gasteiger partial charge is 0.123 e. The van der Waals surface area contributed by atoms with E-state index in [0.29, 0.717) is 0 Å². The second kappa shape index (κ2) is 2.70. The van der Waals surface area contributed by atoms with Crippen LogP contribution in [0.25, 0.3) is 0 Å². The van der Waals surface area contributed by atoms with Crippen molar-refractivity contribution >= 4 is 5.69 Å².